The van der Waals surface area contributed by atoms with Crippen molar-refractivity contribution in [2.75, 3.05) is 14.2 Å². The van der Waals surface area contributed by atoms with Gasteiger partial charge in [0.15, 0.2) is 11.5 Å². The monoisotopic (exact) mass is 444 g/mol. The molecular formula is C24H29ClN2O4. The Bertz CT molecular complexity index is 928. The minimum atomic E-state index is -0.669. The molecule has 1 N–H and O–H groups in total. The van der Waals surface area contributed by atoms with Crippen LogP contribution in [0.3, 0.4) is 0 Å². The highest BCUT2D eigenvalue weighted by Gasteiger charge is 2.30. The third-order valence-corrected chi connectivity index (χ3v) is 6.11. The third-order valence-electron chi connectivity index (χ3n) is 5.74. The molecule has 1 fully saturated rings. The summed E-state index contributed by atoms with van der Waals surface area (Å²) < 4.78 is 10.6. The highest BCUT2D eigenvalue weighted by Crippen LogP contribution is 2.29. The Morgan fingerprint density at radius 3 is 2.42 bits per heavy atom. The van der Waals surface area contributed by atoms with E-state index in [2.05, 4.69) is 5.32 Å². The molecule has 3 rings (SSSR count). The van der Waals surface area contributed by atoms with Gasteiger partial charge in [-0.1, -0.05) is 42.6 Å². The second kappa shape index (κ2) is 10.5. The smallest absolute Gasteiger partial charge is 0.254 e. The van der Waals surface area contributed by atoms with Crippen molar-refractivity contribution < 1.29 is 19.1 Å². The number of hydrogen-bond donors (Lipinski definition) is 1. The number of amides is 2. The lowest BCUT2D eigenvalue weighted by atomic mass is 10.1. The van der Waals surface area contributed by atoms with Crippen molar-refractivity contribution in [2.45, 2.75) is 51.2 Å². The van der Waals surface area contributed by atoms with E-state index in [1.165, 1.54) is 7.11 Å². The second-order valence-electron chi connectivity index (χ2n) is 7.76. The van der Waals surface area contributed by atoms with Crippen LogP contribution in [0, 0.1) is 0 Å². The summed E-state index contributed by atoms with van der Waals surface area (Å²) in [6, 6.07) is 11.8. The number of benzene rings is 2. The van der Waals surface area contributed by atoms with Gasteiger partial charge in [0.1, 0.15) is 6.04 Å². The van der Waals surface area contributed by atoms with Gasteiger partial charge in [-0.3, -0.25) is 9.59 Å². The van der Waals surface area contributed by atoms with Gasteiger partial charge in [-0.15, -0.1) is 0 Å². The minimum Gasteiger partial charge on any atom is -0.493 e. The van der Waals surface area contributed by atoms with Gasteiger partial charge in [-0.05, 0) is 49.6 Å². The van der Waals surface area contributed by atoms with E-state index in [0.29, 0.717) is 22.1 Å². The van der Waals surface area contributed by atoms with Gasteiger partial charge >= 0.3 is 0 Å². The summed E-state index contributed by atoms with van der Waals surface area (Å²) in [5, 5.41) is 3.65. The molecule has 1 aliphatic rings. The van der Waals surface area contributed by atoms with E-state index >= 15 is 0 Å². The summed E-state index contributed by atoms with van der Waals surface area (Å²) in [7, 11) is 3.06. The molecule has 0 bridgehead atoms. The number of carbonyl (C=O) groups excluding carboxylic acids is 2. The van der Waals surface area contributed by atoms with Crippen LogP contribution in [-0.4, -0.2) is 43.0 Å². The molecule has 0 spiro atoms. The lowest BCUT2D eigenvalue weighted by Gasteiger charge is -2.30. The number of methoxy groups -OCH3 is 2. The summed E-state index contributed by atoms with van der Waals surface area (Å²) in [5.74, 6) is 0.542. The average molecular weight is 445 g/mol. The van der Waals surface area contributed by atoms with Crippen LogP contribution in [0.15, 0.2) is 42.5 Å². The van der Waals surface area contributed by atoms with Crippen LogP contribution >= 0.6 is 11.6 Å². The average Bonchev–Trinajstić information content (AvgIpc) is 3.30. The predicted molar refractivity (Wildman–Crippen MR) is 121 cm³/mol. The first-order valence-corrected chi connectivity index (χ1v) is 10.9. The van der Waals surface area contributed by atoms with Crippen molar-refractivity contribution in [3.8, 4) is 11.5 Å². The molecule has 2 aromatic carbocycles. The fourth-order valence-electron chi connectivity index (χ4n) is 3.86. The predicted octanol–water partition coefficient (Wildman–Crippen LogP) is 4.45. The van der Waals surface area contributed by atoms with Gasteiger partial charge in [0, 0.05) is 23.2 Å². The minimum absolute atomic E-state index is 0.159. The molecule has 0 unspecified atom stereocenters. The topological polar surface area (TPSA) is 67.9 Å². The number of rotatable bonds is 8. The number of nitrogens with zero attached hydrogens (tertiary/aromatic N) is 1. The van der Waals surface area contributed by atoms with Crippen LogP contribution in [0.4, 0.5) is 0 Å². The largest absolute Gasteiger partial charge is 0.493 e. The van der Waals surface area contributed by atoms with Crippen LogP contribution < -0.4 is 14.8 Å². The first-order chi connectivity index (χ1) is 14.9. The maximum atomic E-state index is 13.5. The highest BCUT2D eigenvalue weighted by atomic mass is 35.5. The standard InChI is InChI=1S/C24H29ClN2O4/c1-16(23(28)26-19-9-5-6-10-19)27(15-18-8-4-7-11-20(18)25)24(29)17-12-13-21(30-2)22(14-17)31-3/h4,7-8,11-14,16,19H,5-6,9-10,15H2,1-3H3,(H,26,28)/t16-/m0/s1. The Hall–Kier alpha value is -2.73. The molecule has 0 saturated heterocycles. The van der Waals surface area contributed by atoms with Crippen LogP contribution in [0.5, 0.6) is 11.5 Å². The Morgan fingerprint density at radius 1 is 1.10 bits per heavy atom. The van der Waals surface area contributed by atoms with Crippen LogP contribution in [0.25, 0.3) is 0 Å². The SMILES string of the molecule is COc1ccc(C(=O)N(Cc2ccccc2Cl)[C@@H](C)C(=O)NC2CCCC2)cc1OC. The van der Waals surface area contributed by atoms with Gasteiger partial charge in [0.05, 0.1) is 14.2 Å². The fraction of sp³-hybridized carbons (Fsp3) is 0.417. The lowest BCUT2D eigenvalue weighted by molar-refractivity contribution is -0.126. The van der Waals surface area contributed by atoms with Gasteiger partial charge in [0.25, 0.3) is 5.91 Å². The number of halogens is 1. The summed E-state index contributed by atoms with van der Waals surface area (Å²) in [6.45, 7) is 1.96. The number of ether oxygens (including phenoxy) is 2. The zero-order chi connectivity index (χ0) is 22.4. The molecule has 31 heavy (non-hydrogen) atoms. The van der Waals surface area contributed by atoms with E-state index in [4.69, 9.17) is 21.1 Å². The van der Waals surface area contributed by atoms with E-state index < -0.39 is 6.04 Å². The van der Waals surface area contributed by atoms with Crippen molar-refractivity contribution in [1.29, 1.82) is 0 Å². The number of hydrogen-bond acceptors (Lipinski definition) is 4. The van der Waals surface area contributed by atoms with Crippen molar-refractivity contribution in [1.82, 2.24) is 10.2 Å². The molecule has 6 nitrogen and oxygen atoms in total. The van der Waals surface area contributed by atoms with E-state index in [1.54, 1.807) is 43.2 Å². The molecule has 2 amide bonds. The molecule has 0 radical (unpaired) electrons. The molecule has 1 saturated carbocycles. The molecule has 0 aromatic heterocycles. The van der Waals surface area contributed by atoms with Crippen molar-refractivity contribution >= 4 is 23.4 Å². The van der Waals surface area contributed by atoms with Crippen LogP contribution in [0.1, 0.15) is 48.5 Å². The number of carbonyl (C=O) groups is 2. The summed E-state index contributed by atoms with van der Waals surface area (Å²) >= 11 is 6.35. The van der Waals surface area contributed by atoms with E-state index in [-0.39, 0.29) is 24.4 Å². The molecule has 166 valence electrons. The molecular weight excluding hydrogens is 416 g/mol. The first kappa shape index (κ1) is 22.9. The molecule has 1 aliphatic carbocycles. The van der Waals surface area contributed by atoms with Crippen molar-refractivity contribution in [3.63, 3.8) is 0 Å². The highest BCUT2D eigenvalue weighted by molar-refractivity contribution is 6.31. The summed E-state index contributed by atoms with van der Waals surface area (Å²) in [4.78, 5) is 28.1. The van der Waals surface area contributed by atoms with Gasteiger partial charge in [-0.25, -0.2) is 0 Å². The molecule has 0 aliphatic heterocycles. The maximum Gasteiger partial charge on any atom is 0.254 e. The van der Waals surface area contributed by atoms with Crippen molar-refractivity contribution in [3.05, 3.63) is 58.6 Å². The second-order valence-corrected chi connectivity index (χ2v) is 8.17. The lowest BCUT2D eigenvalue weighted by Crippen LogP contribution is -2.49. The van der Waals surface area contributed by atoms with Gasteiger partial charge in [0.2, 0.25) is 5.91 Å². The zero-order valence-electron chi connectivity index (χ0n) is 18.2. The Balaban J connectivity index is 1.89. The van der Waals surface area contributed by atoms with Crippen molar-refractivity contribution in [2.24, 2.45) is 0 Å². The Labute approximate surface area is 188 Å². The Kier molecular flexibility index (Phi) is 7.80. The van der Waals surface area contributed by atoms with E-state index in [1.807, 2.05) is 18.2 Å². The Morgan fingerprint density at radius 2 is 1.77 bits per heavy atom. The van der Waals surface area contributed by atoms with Gasteiger partial charge in [-0.2, -0.15) is 0 Å². The van der Waals surface area contributed by atoms with Gasteiger partial charge < -0.3 is 19.7 Å². The third kappa shape index (κ3) is 5.50. The van der Waals surface area contributed by atoms with E-state index in [9.17, 15) is 9.59 Å². The normalized spacial score (nSPS) is 14.7. The molecule has 0 heterocycles. The molecule has 2 aromatic rings. The molecule has 1 atom stereocenters. The van der Waals surface area contributed by atoms with E-state index in [0.717, 1.165) is 31.2 Å². The van der Waals surface area contributed by atoms with Crippen LogP contribution in [-0.2, 0) is 11.3 Å². The summed E-state index contributed by atoms with van der Waals surface area (Å²) in [6.07, 6.45) is 4.19. The maximum absolute atomic E-state index is 13.5. The van der Waals surface area contributed by atoms with Crippen LogP contribution in [0.2, 0.25) is 5.02 Å². The molecule has 7 heteroatoms. The first-order valence-electron chi connectivity index (χ1n) is 10.5. The zero-order valence-corrected chi connectivity index (χ0v) is 18.9. The quantitative estimate of drug-likeness (QED) is 0.653. The fourth-order valence-corrected chi connectivity index (χ4v) is 4.06. The summed E-state index contributed by atoms with van der Waals surface area (Å²) in [5.41, 5.74) is 1.18. The number of nitrogens with one attached hydrogen (secondary N) is 1.